The fourth-order valence-electron chi connectivity index (χ4n) is 1.48. The van der Waals surface area contributed by atoms with E-state index < -0.39 is 0 Å². The molecule has 0 aromatic heterocycles. The number of nitrogens with one attached hydrogen (secondary N) is 1. The van der Waals surface area contributed by atoms with Crippen LogP contribution in [-0.4, -0.2) is 29.9 Å². The normalized spacial score (nSPS) is 15.8. The summed E-state index contributed by atoms with van der Waals surface area (Å²) in [5, 5.41) is 7.27. The van der Waals surface area contributed by atoms with Crippen molar-refractivity contribution in [3.8, 4) is 0 Å². The molecule has 0 bridgehead atoms. The van der Waals surface area contributed by atoms with Crippen LogP contribution < -0.4 is 5.73 Å². The monoisotopic (exact) mass is 185 g/mol. The molecule has 3 nitrogen and oxygen atoms in total. The topological polar surface area (TPSA) is 53.1 Å². The minimum absolute atomic E-state index is 0.294. The lowest BCUT2D eigenvalue weighted by molar-refractivity contribution is 0.178. The molecule has 3 heteroatoms. The van der Waals surface area contributed by atoms with Gasteiger partial charge in [0.2, 0.25) is 0 Å². The summed E-state index contributed by atoms with van der Waals surface area (Å²) < 4.78 is 0. The van der Waals surface area contributed by atoms with Crippen molar-refractivity contribution in [1.29, 1.82) is 5.41 Å². The molecule has 3 N–H and O–H groups in total. The largest absolute Gasteiger partial charge is 0.388 e. The van der Waals surface area contributed by atoms with Gasteiger partial charge in [0, 0.05) is 18.5 Å². The minimum atomic E-state index is 0.294. The third-order valence-electron chi connectivity index (χ3n) is 2.79. The number of hydrogen-bond acceptors (Lipinski definition) is 2. The highest BCUT2D eigenvalue weighted by atomic mass is 15.2. The molecule has 0 rings (SSSR count). The first kappa shape index (κ1) is 12.4. The zero-order valence-corrected chi connectivity index (χ0v) is 9.30. The molecule has 0 saturated heterocycles. The van der Waals surface area contributed by atoms with E-state index in [2.05, 4.69) is 32.7 Å². The van der Waals surface area contributed by atoms with E-state index in [1.807, 2.05) is 0 Å². The first-order valence-electron chi connectivity index (χ1n) is 5.07. The Balaban J connectivity index is 4.13. The molecule has 0 aromatic rings. The third-order valence-corrected chi connectivity index (χ3v) is 2.79. The molecule has 0 spiro atoms. The molecular weight excluding hydrogens is 162 g/mol. The van der Waals surface area contributed by atoms with Crippen molar-refractivity contribution >= 4 is 5.84 Å². The van der Waals surface area contributed by atoms with Crippen LogP contribution in [0.3, 0.4) is 0 Å². The van der Waals surface area contributed by atoms with Crippen molar-refractivity contribution in [2.75, 3.05) is 7.05 Å². The van der Waals surface area contributed by atoms with Gasteiger partial charge in [-0.15, -0.1) is 0 Å². The van der Waals surface area contributed by atoms with E-state index in [9.17, 15) is 0 Å². The fourth-order valence-corrected chi connectivity index (χ4v) is 1.48. The van der Waals surface area contributed by atoms with Crippen LogP contribution in [0, 0.1) is 5.41 Å². The van der Waals surface area contributed by atoms with Crippen LogP contribution >= 0.6 is 0 Å². The summed E-state index contributed by atoms with van der Waals surface area (Å²) in [6.07, 6.45) is 2.89. The fraction of sp³-hybridized carbons (Fsp3) is 0.900. The lowest BCUT2D eigenvalue weighted by Crippen LogP contribution is -2.40. The Morgan fingerprint density at radius 2 is 1.92 bits per heavy atom. The zero-order chi connectivity index (χ0) is 10.4. The van der Waals surface area contributed by atoms with Crippen molar-refractivity contribution in [2.45, 2.75) is 52.1 Å². The van der Waals surface area contributed by atoms with E-state index >= 15 is 0 Å². The van der Waals surface area contributed by atoms with Crippen LogP contribution in [0.25, 0.3) is 0 Å². The third kappa shape index (κ3) is 4.27. The van der Waals surface area contributed by atoms with Gasteiger partial charge in [-0.1, -0.05) is 13.8 Å². The molecule has 2 unspecified atom stereocenters. The van der Waals surface area contributed by atoms with Crippen LogP contribution in [0.5, 0.6) is 0 Å². The highest BCUT2D eigenvalue weighted by Gasteiger charge is 2.17. The van der Waals surface area contributed by atoms with Crippen LogP contribution in [0.15, 0.2) is 0 Å². The molecular formula is C10H23N3. The molecule has 0 radical (unpaired) electrons. The zero-order valence-electron chi connectivity index (χ0n) is 9.30. The molecule has 13 heavy (non-hydrogen) atoms. The van der Waals surface area contributed by atoms with Gasteiger partial charge in [0.1, 0.15) is 0 Å². The molecule has 0 aromatic carbocycles. The summed E-state index contributed by atoms with van der Waals surface area (Å²) in [7, 11) is 2.12. The van der Waals surface area contributed by atoms with Crippen molar-refractivity contribution in [3.05, 3.63) is 0 Å². The average Bonchev–Trinajstić information content (AvgIpc) is 2.11. The lowest BCUT2D eigenvalue weighted by atomic mass is 10.1. The Hall–Kier alpha value is -0.570. The summed E-state index contributed by atoms with van der Waals surface area (Å²) >= 11 is 0. The predicted molar refractivity (Wildman–Crippen MR) is 58.1 cm³/mol. The number of rotatable bonds is 6. The van der Waals surface area contributed by atoms with E-state index in [-0.39, 0.29) is 0 Å². The molecule has 0 saturated carbocycles. The summed E-state index contributed by atoms with van der Waals surface area (Å²) in [5.41, 5.74) is 5.40. The summed E-state index contributed by atoms with van der Waals surface area (Å²) in [4.78, 5) is 2.32. The molecule has 0 aliphatic rings. The van der Waals surface area contributed by atoms with Gasteiger partial charge >= 0.3 is 0 Å². The van der Waals surface area contributed by atoms with Gasteiger partial charge in [0.25, 0.3) is 0 Å². The first-order chi connectivity index (χ1) is 6.02. The van der Waals surface area contributed by atoms with Crippen molar-refractivity contribution in [2.24, 2.45) is 5.73 Å². The molecule has 0 heterocycles. The standard InChI is InChI=1S/C10H23N3/c1-5-8(3)13(4)9(6-2)7-10(11)12/h8-9H,5-7H2,1-4H3,(H3,11,12). The second-order valence-electron chi connectivity index (χ2n) is 3.71. The van der Waals surface area contributed by atoms with Gasteiger partial charge in [0.05, 0.1) is 5.84 Å². The number of nitrogens with two attached hydrogens (primary N) is 1. The molecule has 0 amide bonds. The number of nitrogens with zero attached hydrogens (tertiary/aromatic N) is 1. The lowest BCUT2D eigenvalue weighted by Gasteiger charge is -2.31. The van der Waals surface area contributed by atoms with Crippen LogP contribution in [0.2, 0.25) is 0 Å². The van der Waals surface area contributed by atoms with Crippen LogP contribution in [-0.2, 0) is 0 Å². The Bertz CT molecular complexity index is 156. The van der Waals surface area contributed by atoms with E-state index in [4.69, 9.17) is 11.1 Å². The van der Waals surface area contributed by atoms with Gasteiger partial charge in [0.15, 0.2) is 0 Å². The summed E-state index contributed by atoms with van der Waals surface area (Å²) in [5.74, 6) is 0.294. The van der Waals surface area contributed by atoms with Gasteiger partial charge in [-0.05, 0) is 26.8 Å². The van der Waals surface area contributed by atoms with Gasteiger partial charge < -0.3 is 10.6 Å². The van der Waals surface area contributed by atoms with Crippen molar-refractivity contribution < 1.29 is 0 Å². The highest BCUT2D eigenvalue weighted by molar-refractivity contribution is 5.77. The highest BCUT2D eigenvalue weighted by Crippen LogP contribution is 2.11. The maximum Gasteiger partial charge on any atom is 0.0921 e. The van der Waals surface area contributed by atoms with E-state index in [0.29, 0.717) is 24.3 Å². The van der Waals surface area contributed by atoms with Crippen LogP contribution in [0.1, 0.15) is 40.0 Å². The molecule has 0 aliphatic carbocycles. The summed E-state index contributed by atoms with van der Waals surface area (Å²) in [6, 6.07) is 0.997. The average molecular weight is 185 g/mol. The summed E-state index contributed by atoms with van der Waals surface area (Å²) in [6.45, 7) is 6.54. The first-order valence-corrected chi connectivity index (χ1v) is 5.07. The smallest absolute Gasteiger partial charge is 0.0921 e. The van der Waals surface area contributed by atoms with Crippen molar-refractivity contribution in [3.63, 3.8) is 0 Å². The Kier molecular flexibility index (Phi) is 5.71. The maximum absolute atomic E-state index is 7.27. The Labute approximate surface area is 81.8 Å². The molecule has 78 valence electrons. The second-order valence-corrected chi connectivity index (χ2v) is 3.71. The Morgan fingerprint density at radius 1 is 1.38 bits per heavy atom. The SMILES string of the molecule is CCC(C)N(C)C(CC)CC(=N)N. The maximum atomic E-state index is 7.27. The van der Waals surface area contributed by atoms with Gasteiger partial charge in [-0.2, -0.15) is 0 Å². The van der Waals surface area contributed by atoms with E-state index in [1.165, 1.54) is 0 Å². The predicted octanol–water partition coefficient (Wildman–Crippen LogP) is 1.82. The second kappa shape index (κ2) is 5.97. The molecule has 2 atom stereocenters. The number of amidine groups is 1. The van der Waals surface area contributed by atoms with Gasteiger partial charge in [-0.25, -0.2) is 0 Å². The van der Waals surface area contributed by atoms with Crippen LogP contribution in [0.4, 0.5) is 0 Å². The minimum Gasteiger partial charge on any atom is -0.388 e. The van der Waals surface area contributed by atoms with Gasteiger partial charge in [-0.3, -0.25) is 5.41 Å². The van der Waals surface area contributed by atoms with Crippen molar-refractivity contribution in [1.82, 2.24) is 4.90 Å². The van der Waals surface area contributed by atoms with E-state index in [1.54, 1.807) is 0 Å². The molecule has 0 aliphatic heterocycles. The van der Waals surface area contributed by atoms with E-state index in [0.717, 1.165) is 12.8 Å². The molecule has 0 fully saturated rings. The quantitative estimate of drug-likeness (QED) is 0.490. The Morgan fingerprint density at radius 3 is 2.23 bits per heavy atom. The number of hydrogen-bond donors (Lipinski definition) is 2.